The Morgan fingerprint density at radius 2 is 1.82 bits per heavy atom. The lowest BCUT2D eigenvalue weighted by Crippen LogP contribution is -2.25. The lowest BCUT2D eigenvalue weighted by Gasteiger charge is -2.21. The van der Waals surface area contributed by atoms with Gasteiger partial charge in [-0.05, 0) is 25.0 Å². The molecule has 0 amide bonds. The van der Waals surface area contributed by atoms with Gasteiger partial charge in [0.2, 0.25) is 0 Å². The lowest BCUT2D eigenvalue weighted by molar-refractivity contribution is 0.464. The van der Waals surface area contributed by atoms with Crippen molar-refractivity contribution in [3.63, 3.8) is 0 Å². The molecule has 96 valence electrons. The molecule has 1 aromatic rings. The van der Waals surface area contributed by atoms with Crippen molar-refractivity contribution < 1.29 is 12.8 Å². The smallest absolute Gasteiger partial charge is 0.160 e. The summed E-state index contributed by atoms with van der Waals surface area (Å²) in [7, 11) is -3.07. The van der Waals surface area contributed by atoms with Gasteiger partial charge in [0.05, 0.1) is 11.8 Å². The van der Waals surface area contributed by atoms with Crippen LogP contribution in [-0.4, -0.2) is 13.7 Å². The van der Waals surface area contributed by atoms with Crippen LogP contribution in [0.25, 0.3) is 0 Å². The summed E-state index contributed by atoms with van der Waals surface area (Å²) in [5.41, 5.74) is 5.43. The van der Waals surface area contributed by atoms with Crippen molar-refractivity contribution in [2.24, 2.45) is 5.73 Å². The van der Waals surface area contributed by atoms with Crippen LogP contribution in [0.1, 0.15) is 43.6 Å². The topological polar surface area (TPSA) is 73.3 Å². The summed E-state index contributed by atoms with van der Waals surface area (Å²) in [5, 5.41) is -0.178. The van der Waals surface area contributed by atoms with E-state index in [-0.39, 0.29) is 11.0 Å². The molecule has 2 rings (SSSR count). The average molecular weight is 257 g/mol. The minimum atomic E-state index is -3.07. The molecule has 0 spiro atoms. The average Bonchev–Trinajstić information content (AvgIpc) is 2.77. The van der Waals surface area contributed by atoms with E-state index < -0.39 is 9.84 Å². The van der Waals surface area contributed by atoms with E-state index in [1.54, 1.807) is 12.1 Å². The molecule has 1 heterocycles. The largest absolute Gasteiger partial charge is 0.464 e. The molecule has 5 heteroatoms. The van der Waals surface area contributed by atoms with Crippen LogP contribution >= 0.6 is 0 Å². The highest BCUT2D eigenvalue weighted by atomic mass is 32.2. The molecular formula is C12H19NO3S. The third-order valence-electron chi connectivity index (χ3n) is 3.32. The quantitative estimate of drug-likeness (QED) is 0.895. The first-order valence-electron chi connectivity index (χ1n) is 6.11. The van der Waals surface area contributed by atoms with E-state index in [0.717, 1.165) is 32.1 Å². The second kappa shape index (κ2) is 5.23. The monoisotopic (exact) mass is 257 g/mol. The Morgan fingerprint density at radius 1 is 1.18 bits per heavy atom. The maximum absolute atomic E-state index is 12.2. The highest BCUT2D eigenvalue weighted by molar-refractivity contribution is 7.91. The minimum Gasteiger partial charge on any atom is -0.464 e. The van der Waals surface area contributed by atoms with Crippen LogP contribution in [0.3, 0.4) is 0 Å². The van der Waals surface area contributed by atoms with Gasteiger partial charge in [0.25, 0.3) is 0 Å². The fraction of sp³-hybridized carbons (Fsp3) is 0.667. The number of furan rings is 1. The van der Waals surface area contributed by atoms with Crippen molar-refractivity contribution in [2.75, 3.05) is 0 Å². The number of sulfone groups is 1. The first kappa shape index (κ1) is 12.6. The van der Waals surface area contributed by atoms with Crippen LogP contribution in [0.15, 0.2) is 16.5 Å². The normalized spacial score (nSPS) is 18.4. The van der Waals surface area contributed by atoms with Crippen molar-refractivity contribution in [1.29, 1.82) is 0 Å². The molecular weight excluding hydrogens is 238 g/mol. The molecule has 0 aliphatic heterocycles. The molecule has 0 radical (unpaired) electrons. The van der Waals surface area contributed by atoms with Crippen molar-refractivity contribution in [1.82, 2.24) is 0 Å². The van der Waals surface area contributed by atoms with Crippen molar-refractivity contribution in [3.8, 4) is 0 Å². The van der Waals surface area contributed by atoms with Crippen LogP contribution in [0.4, 0.5) is 0 Å². The van der Waals surface area contributed by atoms with Gasteiger partial charge in [-0.3, -0.25) is 0 Å². The third-order valence-corrected chi connectivity index (χ3v) is 5.50. The Bertz CT molecular complexity index is 458. The van der Waals surface area contributed by atoms with Gasteiger partial charge in [-0.1, -0.05) is 19.3 Å². The van der Waals surface area contributed by atoms with E-state index in [0.29, 0.717) is 18.1 Å². The second-order valence-corrected chi connectivity index (χ2v) is 6.92. The standard InChI is InChI=1S/C12H19NO3S/c13-8-10-6-7-11(16-10)9-17(14,15)12-4-2-1-3-5-12/h6-7,12H,1-5,8-9,13H2. The zero-order chi connectivity index (χ0) is 12.3. The molecule has 0 bridgehead atoms. The molecule has 1 fully saturated rings. The molecule has 0 unspecified atom stereocenters. The summed E-state index contributed by atoms with van der Waals surface area (Å²) in [5.74, 6) is 1.16. The number of hydrogen-bond acceptors (Lipinski definition) is 4. The number of nitrogens with two attached hydrogens (primary N) is 1. The number of hydrogen-bond donors (Lipinski definition) is 1. The van der Waals surface area contributed by atoms with Gasteiger partial charge in [0.1, 0.15) is 17.3 Å². The summed E-state index contributed by atoms with van der Waals surface area (Å²) in [6.45, 7) is 0.309. The van der Waals surface area contributed by atoms with E-state index in [4.69, 9.17) is 10.2 Å². The van der Waals surface area contributed by atoms with Gasteiger partial charge in [0, 0.05) is 0 Å². The summed E-state index contributed by atoms with van der Waals surface area (Å²) < 4.78 is 29.7. The second-order valence-electron chi connectivity index (χ2n) is 4.64. The van der Waals surface area contributed by atoms with Gasteiger partial charge in [-0.15, -0.1) is 0 Å². The molecule has 17 heavy (non-hydrogen) atoms. The van der Waals surface area contributed by atoms with Crippen LogP contribution in [-0.2, 0) is 22.1 Å². The SMILES string of the molecule is NCc1ccc(CS(=O)(=O)C2CCCCC2)o1. The first-order chi connectivity index (χ1) is 8.12. The lowest BCUT2D eigenvalue weighted by atomic mass is 10.0. The Hall–Kier alpha value is -0.810. The predicted molar refractivity (Wildman–Crippen MR) is 66.1 cm³/mol. The summed E-state index contributed by atoms with van der Waals surface area (Å²) in [6.07, 6.45) is 4.80. The maximum Gasteiger partial charge on any atom is 0.160 e. The fourth-order valence-corrected chi connectivity index (χ4v) is 4.19. The van der Waals surface area contributed by atoms with Gasteiger partial charge in [0.15, 0.2) is 9.84 Å². The fourth-order valence-electron chi connectivity index (χ4n) is 2.35. The zero-order valence-corrected chi connectivity index (χ0v) is 10.7. The van der Waals surface area contributed by atoms with Crippen LogP contribution in [0.2, 0.25) is 0 Å². The first-order valence-corrected chi connectivity index (χ1v) is 7.82. The van der Waals surface area contributed by atoms with Crippen molar-refractivity contribution >= 4 is 9.84 Å². The van der Waals surface area contributed by atoms with Crippen LogP contribution in [0, 0.1) is 0 Å². The summed E-state index contributed by atoms with van der Waals surface area (Å²) in [6, 6.07) is 3.45. The highest BCUT2D eigenvalue weighted by Gasteiger charge is 2.28. The maximum atomic E-state index is 12.2. The highest BCUT2D eigenvalue weighted by Crippen LogP contribution is 2.26. The Kier molecular flexibility index (Phi) is 3.89. The number of rotatable bonds is 4. The van der Waals surface area contributed by atoms with Gasteiger partial charge in [-0.2, -0.15) is 0 Å². The Labute approximate surface area is 102 Å². The minimum absolute atomic E-state index is 0.0116. The van der Waals surface area contributed by atoms with Crippen LogP contribution < -0.4 is 5.73 Å². The molecule has 0 saturated heterocycles. The zero-order valence-electron chi connectivity index (χ0n) is 9.89. The molecule has 1 saturated carbocycles. The van der Waals surface area contributed by atoms with E-state index in [2.05, 4.69) is 0 Å². The summed E-state index contributed by atoms with van der Waals surface area (Å²) >= 11 is 0. The molecule has 2 N–H and O–H groups in total. The molecule has 1 aromatic heterocycles. The van der Waals surface area contributed by atoms with E-state index in [1.807, 2.05) is 0 Å². The summed E-state index contributed by atoms with van der Waals surface area (Å²) in [4.78, 5) is 0. The van der Waals surface area contributed by atoms with Crippen LogP contribution in [0.5, 0.6) is 0 Å². The van der Waals surface area contributed by atoms with Gasteiger partial charge >= 0.3 is 0 Å². The molecule has 1 aliphatic rings. The van der Waals surface area contributed by atoms with E-state index in [9.17, 15) is 8.42 Å². The molecule has 0 atom stereocenters. The van der Waals surface area contributed by atoms with Crippen molar-refractivity contribution in [2.45, 2.75) is 49.7 Å². The van der Waals surface area contributed by atoms with Crippen molar-refractivity contribution in [3.05, 3.63) is 23.7 Å². The molecule has 1 aliphatic carbocycles. The molecule has 0 aromatic carbocycles. The van der Waals surface area contributed by atoms with Gasteiger partial charge < -0.3 is 10.2 Å². The molecule has 4 nitrogen and oxygen atoms in total. The van der Waals surface area contributed by atoms with Gasteiger partial charge in [-0.25, -0.2) is 8.42 Å². The van der Waals surface area contributed by atoms with E-state index >= 15 is 0 Å². The van der Waals surface area contributed by atoms with E-state index in [1.165, 1.54) is 0 Å². The third kappa shape index (κ3) is 3.10. The Morgan fingerprint density at radius 3 is 2.41 bits per heavy atom. The Balaban J connectivity index is 2.05. The predicted octanol–water partition coefficient (Wildman–Crippen LogP) is 1.99.